The third-order valence-electron chi connectivity index (χ3n) is 5.73. The van der Waals surface area contributed by atoms with E-state index in [1.165, 1.54) is 0 Å². The lowest BCUT2D eigenvalue weighted by atomic mass is 9.58. The Hall–Kier alpha value is -2.72. The van der Waals surface area contributed by atoms with Gasteiger partial charge in [-0.15, -0.1) is 11.8 Å². The van der Waals surface area contributed by atoms with E-state index in [-0.39, 0.29) is 11.6 Å². The highest BCUT2D eigenvalue weighted by molar-refractivity contribution is 7.98. The Balaban J connectivity index is 2.27. The number of nitrogens with zero attached hydrogens (tertiary/aromatic N) is 4. The molecule has 0 unspecified atom stereocenters. The van der Waals surface area contributed by atoms with Gasteiger partial charge in [0.2, 0.25) is 0 Å². The summed E-state index contributed by atoms with van der Waals surface area (Å²) in [5, 5.41) is 30.0. The van der Waals surface area contributed by atoms with Crippen molar-refractivity contribution in [2.24, 2.45) is 17.1 Å². The second-order valence-corrected chi connectivity index (χ2v) is 8.09. The summed E-state index contributed by atoms with van der Waals surface area (Å²) >= 11 is 1.62. The van der Waals surface area contributed by atoms with Crippen LogP contribution in [0.2, 0.25) is 0 Å². The molecule has 0 fully saturated rings. The Morgan fingerprint density at radius 3 is 2.64 bits per heavy atom. The molecule has 2 N–H and O–H groups in total. The zero-order valence-electron chi connectivity index (χ0n) is 16.1. The van der Waals surface area contributed by atoms with Crippen molar-refractivity contribution in [1.29, 1.82) is 15.8 Å². The lowest BCUT2D eigenvalue weighted by molar-refractivity contribution is 0.207. The molecule has 1 aromatic rings. The summed E-state index contributed by atoms with van der Waals surface area (Å²) in [6.07, 6.45) is 5.07. The maximum absolute atomic E-state index is 10.1. The fourth-order valence-electron chi connectivity index (χ4n) is 4.45. The predicted octanol–water partition coefficient (Wildman–Crippen LogP) is 3.54. The first-order chi connectivity index (χ1) is 13.6. The van der Waals surface area contributed by atoms with E-state index in [1.807, 2.05) is 30.5 Å². The molecule has 0 radical (unpaired) electrons. The number of rotatable bonds is 4. The normalized spacial score (nSPS) is 23.8. The fourth-order valence-corrected chi connectivity index (χ4v) is 4.92. The zero-order valence-corrected chi connectivity index (χ0v) is 17.0. The van der Waals surface area contributed by atoms with Gasteiger partial charge in [-0.05, 0) is 42.5 Å². The van der Waals surface area contributed by atoms with E-state index in [1.54, 1.807) is 11.8 Å². The highest BCUT2D eigenvalue weighted by Crippen LogP contribution is 2.54. The van der Waals surface area contributed by atoms with Crippen LogP contribution in [0.5, 0.6) is 0 Å². The SMILES string of the molecule is CCCN1CC=C2C(C#N)=C(N)C(C#N)(C#N)[C@H](c3cccc(SC)c3)[C@H]2C1. The number of nitrogens with two attached hydrogens (primary N) is 1. The van der Waals surface area contributed by atoms with Gasteiger partial charge in [-0.1, -0.05) is 25.1 Å². The van der Waals surface area contributed by atoms with Crippen LogP contribution in [0.4, 0.5) is 0 Å². The van der Waals surface area contributed by atoms with Gasteiger partial charge in [0.15, 0.2) is 5.41 Å². The highest BCUT2D eigenvalue weighted by atomic mass is 32.2. The van der Waals surface area contributed by atoms with Gasteiger partial charge in [0.05, 0.1) is 23.4 Å². The van der Waals surface area contributed by atoms with E-state index in [0.717, 1.165) is 35.5 Å². The molecule has 0 saturated heterocycles. The second kappa shape index (κ2) is 8.11. The molecule has 0 bridgehead atoms. The van der Waals surface area contributed by atoms with Crippen molar-refractivity contribution >= 4 is 11.8 Å². The summed E-state index contributed by atoms with van der Waals surface area (Å²) in [6.45, 7) is 4.53. The maximum Gasteiger partial charge on any atom is 0.191 e. The van der Waals surface area contributed by atoms with Crippen molar-refractivity contribution in [3.8, 4) is 18.2 Å². The summed E-state index contributed by atoms with van der Waals surface area (Å²) < 4.78 is 0. The van der Waals surface area contributed by atoms with Gasteiger partial charge in [0.25, 0.3) is 0 Å². The first-order valence-electron chi connectivity index (χ1n) is 9.35. The predicted molar refractivity (Wildman–Crippen MR) is 110 cm³/mol. The number of nitriles is 3. The smallest absolute Gasteiger partial charge is 0.191 e. The first-order valence-corrected chi connectivity index (χ1v) is 10.6. The number of allylic oxidation sites excluding steroid dienone is 2. The molecule has 3 rings (SSSR count). The summed E-state index contributed by atoms with van der Waals surface area (Å²) in [5.74, 6) is -0.545. The standard InChI is InChI=1S/C22H23N5S/c1-3-8-27-9-7-17-18(11-23)21(26)22(13-24,14-25)20(19(17)12-27)15-5-4-6-16(10-15)28-2/h4-7,10,19-20H,3,8-9,12,26H2,1-2H3/t19-,20+/m0/s1. The van der Waals surface area contributed by atoms with Crippen molar-refractivity contribution in [3.05, 3.63) is 52.7 Å². The minimum Gasteiger partial charge on any atom is -0.399 e. The molecule has 0 amide bonds. The average molecular weight is 390 g/mol. The first kappa shape index (κ1) is 20.0. The van der Waals surface area contributed by atoms with Gasteiger partial charge >= 0.3 is 0 Å². The van der Waals surface area contributed by atoms with Crippen LogP contribution in [0.3, 0.4) is 0 Å². The van der Waals surface area contributed by atoms with E-state index in [0.29, 0.717) is 12.1 Å². The Bertz CT molecular complexity index is 942. The highest BCUT2D eigenvalue weighted by Gasteiger charge is 2.54. The lowest BCUT2D eigenvalue weighted by Crippen LogP contribution is -2.48. The van der Waals surface area contributed by atoms with Crippen LogP contribution in [0.25, 0.3) is 0 Å². The maximum atomic E-state index is 10.1. The van der Waals surface area contributed by atoms with Gasteiger partial charge in [-0.3, -0.25) is 4.90 Å². The van der Waals surface area contributed by atoms with E-state index < -0.39 is 11.3 Å². The zero-order chi connectivity index (χ0) is 20.3. The van der Waals surface area contributed by atoms with Crippen molar-refractivity contribution in [1.82, 2.24) is 4.90 Å². The van der Waals surface area contributed by atoms with Crippen LogP contribution >= 0.6 is 11.8 Å². The number of benzene rings is 1. The monoisotopic (exact) mass is 389 g/mol. The molecule has 2 aliphatic rings. The van der Waals surface area contributed by atoms with Crippen LogP contribution in [0, 0.1) is 45.3 Å². The Morgan fingerprint density at radius 1 is 1.29 bits per heavy atom. The molecule has 0 aromatic heterocycles. The molecule has 6 heteroatoms. The largest absolute Gasteiger partial charge is 0.399 e. The average Bonchev–Trinajstić information content (AvgIpc) is 2.73. The fraction of sp³-hybridized carbons (Fsp3) is 0.409. The lowest BCUT2D eigenvalue weighted by Gasteiger charge is -2.45. The number of fused-ring (bicyclic) bond motifs is 1. The summed E-state index contributed by atoms with van der Waals surface area (Å²) in [6, 6.07) is 14.6. The Morgan fingerprint density at radius 2 is 2.04 bits per heavy atom. The van der Waals surface area contributed by atoms with Crippen LogP contribution in [-0.4, -0.2) is 30.8 Å². The molecule has 2 atom stereocenters. The van der Waals surface area contributed by atoms with E-state index in [2.05, 4.69) is 36.1 Å². The molecular formula is C22H23N5S. The summed E-state index contributed by atoms with van der Waals surface area (Å²) in [7, 11) is 0. The second-order valence-electron chi connectivity index (χ2n) is 7.21. The minimum absolute atomic E-state index is 0.0889. The molecule has 0 saturated carbocycles. The van der Waals surface area contributed by atoms with Crippen LogP contribution in [0.15, 0.2) is 52.1 Å². The van der Waals surface area contributed by atoms with E-state index in [4.69, 9.17) is 5.73 Å². The van der Waals surface area contributed by atoms with Crippen molar-refractivity contribution in [2.45, 2.75) is 24.2 Å². The molecule has 1 heterocycles. The number of hydrogen-bond donors (Lipinski definition) is 1. The van der Waals surface area contributed by atoms with Crippen LogP contribution in [0.1, 0.15) is 24.8 Å². The van der Waals surface area contributed by atoms with E-state index >= 15 is 0 Å². The van der Waals surface area contributed by atoms with Gasteiger partial charge in [-0.2, -0.15) is 15.8 Å². The topological polar surface area (TPSA) is 101 Å². The molecule has 1 aliphatic heterocycles. The molecule has 5 nitrogen and oxygen atoms in total. The third-order valence-corrected chi connectivity index (χ3v) is 6.46. The van der Waals surface area contributed by atoms with Crippen LogP contribution < -0.4 is 5.73 Å². The molecule has 28 heavy (non-hydrogen) atoms. The van der Waals surface area contributed by atoms with Gasteiger partial charge < -0.3 is 5.73 Å². The molecule has 1 aliphatic carbocycles. The quantitative estimate of drug-likeness (QED) is 0.791. The molecule has 142 valence electrons. The van der Waals surface area contributed by atoms with Crippen molar-refractivity contribution in [3.63, 3.8) is 0 Å². The number of thioether (sulfide) groups is 1. The summed E-state index contributed by atoms with van der Waals surface area (Å²) in [4.78, 5) is 3.39. The third kappa shape index (κ3) is 3.08. The van der Waals surface area contributed by atoms with Crippen molar-refractivity contribution in [2.75, 3.05) is 25.9 Å². The van der Waals surface area contributed by atoms with Crippen molar-refractivity contribution < 1.29 is 0 Å². The molecule has 1 aromatic carbocycles. The van der Waals surface area contributed by atoms with Gasteiger partial charge in [0.1, 0.15) is 6.07 Å². The van der Waals surface area contributed by atoms with Crippen LogP contribution in [-0.2, 0) is 0 Å². The molecular weight excluding hydrogens is 366 g/mol. The van der Waals surface area contributed by atoms with Gasteiger partial charge in [-0.25, -0.2) is 0 Å². The molecule has 0 spiro atoms. The van der Waals surface area contributed by atoms with E-state index in [9.17, 15) is 15.8 Å². The number of hydrogen-bond acceptors (Lipinski definition) is 6. The van der Waals surface area contributed by atoms with Gasteiger partial charge in [0, 0.05) is 29.8 Å². The summed E-state index contributed by atoms with van der Waals surface area (Å²) in [5.41, 5.74) is 6.98. The Labute approximate surface area is 170 Å². The minimum atomic E-state index is -1.56. The Kier molecular flexibility index (Phi) is 5.80.